The van der Waals surface area contributed by atoms with Gasteiger partial charge in [0.15, 0.2) is 4.80 Å². The Balaban J connectivity index is 1.57. The van der Waals surface area contributed by atoms with Gasteiger partial charge in [0.1, 0.15) is 17.3 Å². The average molecular weight is 587 g/mol. The number of methoxy groups -OCH3 is 1. The van der Waals surface area contributed by atoms with Gasteiger partial charge < -0.3 is 18.6 Å². The lowest BCUT2D eigenvalue weighted by atomic mass is 9.96. The summed E-state index contributed by atoms with van der Waals surface area (Å²) in [6.45, 7) is 7.99. The Morgan fingerprint density at radius 2 is 1.79 bits per heavy atom. The molecule has 0 spiro atoms. The summed E-state index contributed by atoms with van der Waals surface area (Å²) in [6, 6.07) is 15.4. The molecule has 0 unspecified atom stereocenters. The molecule has 0 saturated carbocycles. The summed E-state index contributed by atoms with van der Waals surface area (Å²) in [6.07, 6.45) is 1.67. The fourth-order valence-electron chi connectivity index (χ4n) is 4.91. The number of carbonyl (C=O) groups is 2. The van der Waals surface area contributed by atoms with Crippen molar-refractivity contribution >= 4 is 29.4 Å². The van der Waals surface area contributed by atoms with Crippen LogP contribution in [-0.4, -0.2) is 36.8 Å². The SMILES string of the molecule is CCOC(=O)C1=C(C)N=c2s/c(=C/c3ccc(-c4ccc(C(=O)OC)cc4C)o3)c(=O)n2[C@@H]1c1ccc(OCC)cc1. The number of benzene rings is 2. The van der Waals surface area contributed by atoms with Crippen LogP contribution < -0.4 is 19.6 Å². The molecule has 3 heterocycles. The summed E-state index contributed by atoms with van der Waals surface area (Å²) < 4.78 is 23.8. The van der Waals surface area contributed by atoms with Crippen LogP contribution in [-0.2, 0) is 14.3 Å². The van der Waals surface area contributed by atoms with E-state index in [0.717, 1.165) is 16.7 Å². The first-order valence-electron chi connectivity index (χ1n) is 13.5. The highest BCUT2D eigenvalue weighted by molar-refractivity contribution is 7.07. The van der Waals surface area contributed by atoms with Crippen LogP contribution in [0.15, 0.2) is 80.1 Å². The molecule has 9 nitrogen and oxygen atoms in total. The monoisotopic (exact) mass is 586 g/mol. The first kappa shape index (κ1) is 28.8. The Hall–Kier alpha value is -4.70. The molecule has 216 valence electrons. The number of esters is 2. The van der Waals surface area contributed by atoms with Gasteiger partial charge >= 0.3 is 11.9 Å². The van der Waals surface area contributed by atoms with Crippen LogP contribution in [0.5, 0.6) is 5.75 Å². The van der Waals surface area contributed by atoms with E-state index >= 15 is 0 Å². The number of fused-ring (bicyclic) bond motifs is 1. The molecule has 5 rings (SSSR count). The van der Waals surface area contributed by atoms with E-state index in [-0.39, 0.29) is 12.2 Å². The van der Waals surface area contributed by atoms with Crippen LogP contribution in [0.4, 0.5) is 0 Å². The van der Waals surface area contributed by atoms with Gasteiger partial charge in [-0.05, 0) is 75.2 Å². The lowest BCUT2D eigenvalue weighted by Gasteiger charge is -2.24. The van der Waals surface area contributed by atoms with Crippen LogP contribution in [0.3, 0.4) is 0 Å². The molecule has 1 aliphatic rings. The van der Waals surface area contributed by atoms with Crippen molar-refractivity contribution in [1.29, 1.82) is 0 Å². The van der Waals surface area contributed by atoms with E-state index in [2.05, 4.69) is 4.99 Å². The van der Waals surface area contributed by atoms with Gasteiger partial charge in [0.2, 0.25) is 0 Å². The number of carbonyl (C=O) groups excluding carboxylic acids is 2. The lowest BCUT2D eigenvalue weighted by molar-refractivity contribution is -0.139. The van der Waals surface area contributed by atoms with E-state index in [4.69, 9.17) is 18.6 Å². The van der Waals surface area contributed by atoms with Crippen molar-refractivity contribution in [3.8, 4) is 17.1 Å². The fourth-order valence-corrected chi connectivity index (χ4v) is 5.94. The number of furan rings is 1. The number of aryl methyl sites for hydroxylation is 1. The van der Waals surface area contributed by atoms with Crippen molar-refractivity contribution in [1.82, 2.24) is 4.57 Å². The van der Waals surface area contributed by atoms with Gasteiger partial charge in [-0.25, -0.2) is 14.6 Å². The number of hydrogen-bond donors (Lipinski definition) is 0. The highest BCUT2D eigenvalue weighted by atomic mass is 32.1. The number of hydrogen-bond acceptors (Lipinski definition) is 9. The molecule has 1 aliphatic heterocycles. The number of rotatable bonds is 8. The molecule has 10 heteroatoms. The third kappa shape index (κ3) is 5.45. The Morgan fingerprint density at radius 1 is 1.02 bits per heavy atom. The molecule has 0 N–H and O–H groups in total. The highest BCUT2D eigenvalue weighted by Gasteiger charge is 2.33. The number of thiazole rings is 1. The molecule has 0 bridgehead atoms. The molecule has 0 saturated heterocycles. The minimum absolute atomic E-state index is 0.196. The zero-order valence-corrected chi connectivity index (χ0v) is 24.7. The summed E-state index contributed by atoms with van der Waals surface area (Å²) in [5, 5.41) is 0. The topological polar surface area (TPSA) is 109 Å². The van der Waals surface area contributed by atoms with E-state index in [0.29, 0.717) is 50.0 Å². The predicted octanol–water partition coefficient (Wildman–Crippen LogP) is 4.55. The molecule has 0 amide bonds. The van der Waals surface area contributed by atoms with Gasteiger partial charge in [0, 0.05) is 11.6 Å². The van der Waals surface area contributed by atoms with Gasteiger partial charge in [0.25, 0.3) is 5.56 Å². The van der Waals surface area contributed by atoms with Crippen LogP contribution in [0.1, 0.15) is 54.1 Å². The highest BCUT2D eigenvalue weighted by Crippen LogP contribution is 2.32. The Morgan fingerprint density at radius 3 is 2.45 bits per heavy atom. The van der Waals surface area contributed by atoms with Crippen molar-refractivity contribution in [2.75, 3.05) is 20.3 Å². The first-order valence-corrected chi connectivity index (χ1v) is 14.3. The molecule has 0 fully saturated rings. The largest absolute Gasteiger partial charge is 0.494 e. The standard InChI is InChI=1S/C32H30N2O7S/c1-6-39-22-11-8-20(9-12-22)28-27(31(37)40-7-2)19(4)33-32-34(28)29(35)26(42-32)17-23-13-15-25(41-23)24-14-10-21(16-18(24)3)30(36)38-5/h8-17,28H,6-7H2,1-5H3/b26-17+/t28-/m1/s1. The summed E-state index contributed by atoms with van der Waals surface area (Å²) in [5.41, 5.74) is 3.34. The molecule has 0 radical (unpaired) electrons. The second kappa shape index (κ2) is 12.0. The molecule has 1 atom stereocenters. The normalized spacial score (nSPS) is 14.8. The molecular weight excluding hydrogens is 556 g/mol. The molecular formula is C32H30N2O7S. The Labute approximate surface area is 246 Å². The first-order chi connectivity index (χ1) is 20.2. The van der Waals surface area contributed by atoms with E-state index in [1.54, 1.807) is 44.2 Å². The second-order valence-corrected chi connectivity index (χ2v) is 10.5. The minimum Gasteiger partial charge on any atom is -0.494 e. The maximum Gasteiger partial charge on any atom is 0.338 e. The maximum absolute atomic E-state index is 13.9. The van der Waals surface area contributed by atoms with Gasteiger partial charge in [-0.3, -0.25) is 9.36 Å². The van der Waals surface area contributed by atoms with Gasteiger partial charge in [-0.2, -0.15) is 0 Å². The van der Waals surface area contributed by atoms with Gasteiger partial charge in [-0.15, -0.1) is 0 Å². The summed E-state index contributed by atoms with van der Waals surface area (Å²) >= 11 is 1.22. The van der Waals surface area contributed by atoms with E-state index in [1.807, 2.05) is 44.2 Å². The summed E-state index contributed by atoms with van der Waals surface area (Å²) in [5.74, 6) is 0.832. The Bertz CT molecular complexity index is 1880. The summed E-state index contributed by atoms with van der Waals surface area (Å²) in [7, 11) is 1.34. The quantitative estimate of drug-likeness (QED) is 0.279. The number of aromatic nitrogens is 1. The molecule has 4 aromatic rings. The van der Waals surface area contributed by atoms with E-state index in [1.165, 1.54) is 23.0 Å². The van der Waals surface area contributed by atoms with Crippen LogP contribution >= 0.6 is 11.3 Å². The predicted molar refractivity (Wildman–Crippen MR) is 158 cm³/mol. The van der Waals surface area contributed by atoms with E-state index < -0.39 is 18.0 Å². The summed E-state index contributed by atoms with van der Waals surface area (Å²) in [4.78, 5) is 43.9. The Kier molecular flexibility index (Phi) is 8.26. The third-order valence-corrected chi connectivity index (χ3v) is 7.82. The van der Waals surface area contributed by atoms with Crippen molar-refractivity contribution < 1.29 is 28.2 Å². The number of ether oxygens (including phenoxy) is 3. The zero-order valence-electron chi connectivity index (χ0n) is 23.9. The lowest BCUT2D eigenvalue weighted by Crippen LogP contribution is -2.39. The molecule has 2 aromatic heterocycles. The number of nitrogens with zero attached hydrogens (tertiary/aromatic N) is 2. The zero-order chi connectivity index (χ0) is 30.0. The van der Waals surface area contributed by atoms with Crippen molar-refractivity contribution in [3.63, 3.8) is 0 Å². The molecule has 0 aliphatic carbocycles. The second-order valence-electron chi connectivity index (χ2n) is 9.53. The molecule has 42 heavy (non-hydrogen) atoms. The third-order valence-electron chi connectivity index (χ3n) is 6.84. The van der Waals surface area contributed by atoms with Gasteiger partial charge in [0.05, 0.1) is 47.7 Å². The van der Waals surface area contributed by atoms with Crippen LogP contribution in [0.2, 0.25) is 0 Å². The van der Waals surface area contributed by atoms with Crippen LogP contribution in [0.25, 0.3) is 17.4 Å². The van der Waals surface area contributed by atoms with Crippen molar-refractivity contribution in [2.24, 2.45) is 4.99 Å². The fraction of sp³-hybridized carbons (Fsp3) is 0.250. The maximum atomic E-state index is 13.9. The van der Waals surface area contributed by atoms with E-state index in [9.17, 15) is 14.4 Å². The van der Waals surface area contributed by atoms with Crippen molar-refractivity contribution in [3.05, 3.63) is 108 Å². The minimum atomic E-state index is -0.721. The number of allylic oxidation sites excluding steroid dienone is 1. The smallest absolute Gasteiger partial charge is 0.338 e. The van der Waals surface area contributed by atoms with Crippen LogP contribution in [0, 0.1) is 6.92 Å². The molecule has 2 aromatic carbocycles. The van der Waals surface area contributed by atoms with Crippen molar-refractivity contribution in [2.45, 2.75) is 33.7 Å². The average Bonchev–Trinajstić information content (AvgIpc) is 3.56. The van der Waals surface area contributed by atoms with Gasteiger partial charge in [-0.1, -0.05) is 29.5 Å².